The zero-order valence-electron chi connectivity index (χ0n) is 15.2. The summed E-state index contributed by atoms with van der Waals surface area (Å²) < 4.78 is 10.7. The van der Waals surface area contributed by atoms with Crippen LogP contribution in [0.3, 0.4) is 0 Å². The molecule has 4 rings (SSSR count). The minimum Gasteiger partial charge on any atom is -0.439 e. The average Bonchev–Trinajstić information content (AvgIpc) is 3.27. The molecule has 1 spiro atoms. The summed E-state index contributed by atoms with van der Waals surface area (Å²) in [5.74, 6) is 0.981. The van der Waals surface area contributed by atoms with Crippen molar-refractivity contribution in [3.05, 3.63) is 35.7 Å². The molecule has 1 atom stereocenters. The lowest BCUT2D eigenvalue weighted by Gasteiger charge is -2.38. The quantitative estimate of drug-likeness (QED) is 0.885. The Morgan fingerprint density at radius 3 is 3.07 bits per heavy atom. The Balaban J connectivity index is 1.35. The SMILES string of the molecule is Cc1cccc(-c2noc(CCC(=O)N3CCC[C@]4(CNC(=O)O4)C3)n2)c1. The molecule has 2 saturated heterocycles. The first-order chi connectivity index (χ1) is 13.0. The molecule has 0 radical (unpaired) electrons. The first kappa shape index (κ1) is 17.5. The smallest absolute Gasteiger partial charge is 0.407 e. The molecule has 1 aromatic heterocycles. The van der Waals surface area contributed by atoms with Crippen LogP contribution in [-0.4, -0.2) is 52.3 Å². The van der Waals surface area contributed by atoms with Gasteiger partial charge in [-0.3, -0.25) is 4.79 Å². The summed E-state index contributed by atoms with van der Waals surface area (Å²) in [5, 5.41) is 6.69. The van der Waals surface area contributed by atoms with Gasteiger partial charge in [-0.25, -0.2) is 4.79 Å². The Morgan fingerprint density at radius 1 is 1.41 bits per heavy atom. The number of hydrogen-bond acceptors (Lipinski definition) is 6. The van der Waals surface area contributed by atoms with Crippen LogP contribution in [0.5, 0.6) is 0 Å². The maximum Gasteiger partial charge on any atom is 0.407 e. The maximum absolute atomic E-state index is 12.6. The lowest BCUT2D eigenvalue weighted by Crippen LogP contribution is -2.52. The summed E-state index contributed by atoms with van der Waals surface area (Å²) >= 11 is 0. The van der Waals surface area contributed by atoms with Gasteiger partial charge in [0.05, 0.1) is 13.1 Å². The molecule has 8 nitrogen and oxygen atoms in total. The van der Waals surface area contributed by atoms with Crippen LogP contribution in [0.25, 0.3) is 11.4 Å². The third kappa shape index (κ3) is 3.79. The monoisotopic (exact) mass is 370 g/mol. The zero-order chi connectivity index (χ0) is 18.9. The van der Waals surface area contributed by atoms with E-state index >= 15 is 0 Å². The number of amides is 2. The topological polar surface area (TPSA) is 97.6 Å². The normalized spacial score (nSPS) is 22.0. The predicted octanol–water partition coefficient (Wildman–Crippen LogP) is 2.08. The van der Waals surface area contributed by atoms with E-state index in [9.17, 15) is 9.59 Å². The van der Waals surface area contributed by atoms with Crippen molar-refractivity contribution in [2.45, 2.75) is 38.2 Å². The van der Waals surface area contributed by atoms with Crippen LogP contribution in [0.2, 0.25) is 0 Å². The molecular formula is C19H22N4O4. The number of nitrogens with one attached hydrogen (secondary N) is 1. The fraction of sp³-hybridized carbons (Fsp3) is 0.474. The van der Waals surface area contributed by atoms with E-state index in [2.05, 4.69) is 15.5 Å². The number of carbonyl (C=O) groups excluding carboxylic acids is 2. The number of likely N-dealkylation sites (tertiary alicyclic amines) is 1. The van der Waals surface area contributed by atoms with Crippen molar-refractivity contribution in [3.63, 3.8) is 0 Å². The fourth-order valence-corrected chi connectivity index (χ4v) is 3.67. The molecule has 1 aromatic carbocycles. The van der Waals surface area contributed by atoms with E-state index in [1.807, 2.05) is 31.2 Å². The van der Waals surface area contributed by atoms with Crippen LogP contribution < -0.4 is 5.32 Å². The highest BCUT2D eigenvalue weighted by Crippen LogP contribution is 2.28. The van der Waals surface area contributed by atoms with Gasteiger partial charge in [0, 0.05) is 24.9 Å². The third-order valence-corrected chi connectivity index (χ3v) is 5.05. The van der Waals surface area contributed by atoms with Gasteiger partial charge in [-0.2, -0.15) is 4.98 Å². The second kappa shape index (κ2) is 7.02. The van der Waals surface area contributed by atoms with Crippen molar-refractivity contribution in [2.75, 3.05) is 19.6 Å². The number of aryl methyl sites for hydroxylation is 2. The second-order valence-corrected chi connectivity index (χ2v) is 7.23. The van der Waals surface area contributed by atoms with Crippen LogP contribution in [0, 0.1) is 6.92 Å². The van der Waals surface area contributed by atoms with Crippen molar-refractivity contribution in [1.82, 2.24) is 20.4 Å². The predicted molar refractivity (Wildman–Crippen MR) is 95.8 cm³/mol. The first-order valence-electron chi connectivity index (χ1n) is 9.17. The number of aromatic nitrogens is 2. The van der Waals surface area contributed by atoms with Gasteiger partial charge in [-0.1, -0.05) is 28.9 Å². The Morgan fingerprint density at radius 2 is 2.30 bits per heavy atom. The molecule has 2 aliphatic rings. The maximum atomic E-state index is 12.6. The van der Waals surface area contributed by atoms with E-state index in [0.717, 1.165) is 24.0 Å². The van der Waals surface area contributed by atoms with E-state index in [1.165, 1.54) is 0 Å². The lowest BCUT2D eigenvalue weighted by molar-refractivity contribution is -0.136. The third-order valence-electron chi connectivity index (χ3n) is 5.05. The van der Waals surface area contributed by atoms with Gasteiger partial charge < -0.3 is 19.5 Å². The van der Waals surface area contributed by atoms with Gasteiger partial charge in [0.1, 0.15) is 5.60 Å². The molecule has 8 heteroatoms. The summed E-state index contributed by atoms with van der Waals surface area (Å²) in [6.07, 6.45) is 1.86. The standard InChI is InChI=1S/C19H22N4O4/c1-13-4-2-5-14(10-13)17-21-15(27-22-17)6-7-16(24)23-9-3-8-19(12-23)11-20-18(25)26-19/h2,4-5,10H,3,6-9,11-12H2,1H3,(H,20,25)/t19-/m0/s1. The first-order valence-corrected chi connectivity index (χ1v) is 9.17. The van der Waals surface area contributed by atoms with Crippen LogP contribution in [-0.2, 0) is 16.0 Å². The number of benzene rings is 1. The molecule has 27 heavy (non-hydrogen) atoms. The Kier molecular flexibility index (Phi) is 4.55. The molecule has 0 aliphatic carbocycles. The molecular weight excluding hydrogens is 348 g/mol. The largest absolute Gasteiger partial charge is 0.439 e. The molecule has 0 saturated carbocycles. The van der Waals surface area contributed by atoms with E-state index in [4.69, 9.17) is 9.26 Å². The van der Waals surface area contributed by atoms with Crippen molar-refractivity contribution >= 4 is 12.0 Å². The number of piperidine rings is 1. The molecule has 142 valence electrons. The van der Waals surface area contributed by atoms with Crippen LogP contribution >= 0.6 is 0 Å². The summed E-state index contributed by atoms with van der Waals surface area (Å²) in [5.41, 5.74) is 1.44. The van der Waals surface area contributed by atoms with Crippen molar-refractivity contribution in [1.29, 1.82) is 0 Å². The van der Waals surface area contributed by atoms with Gasteiger partial charge in [0.25, 0.3) is 0 Å². The molecule has 2 amide bonds. The minimum atomic E-state index is -0.576. The van der Waals surface area contributed by atoms with Crippen molar-refractivity contribution < 1.29 is 18.8 Å². The molecule has 3 heterocycles. The Bertz CT molecular complexity index is 865. The van der Waals surface area contributed by atoms with Gasteiger partial charge >= 0.3 is 6.09 Å². The molecule has 1 N–H and O–H groups in total. The number of alkyl carbamates (subject to hydrolysis) is 1. The van der Waals surface area contributed by atoms with Gasteiger partial charge in [0.2, 0.25) is 17.6 Å². The number of nitrogens with zero attached hydrogens (tertiary/aromatic N) is 3. The van der Waals surface area contributed by atoms with Gasteiger partial charge in [-0.05, 0) is 25.8 Å². The number of rotatable bonds is 4. The number of ether oxygens (including phenoxy) is 1. The van der Waals surface area contributed by atoms with Gasteiger partial charge in [0.15, 0.2) is 0 Å². The molecule has 2 aromatic rings. The van der Waals surface area contributed by atoms with Crippen molar-refractivity contribution in [2.24, 2.45) is 0 Å². The molecule has 0 unspecified atom stereocenters. The van der Waals surface area contributed by atoms with E-state index in [-0.39, 0.29) is 12.3 Å². The van der Waals surface area contributed by atoms with Crippen molar-refractivity contribution in [3.8, 4) is 11.4 Å². The van der Waals surface area contributed by atoms with E-state index < -0.39 is 11.7 Å². The Hall–Kier alpha value is -2.90. The van der Waals surface area contributed by atoms with Crippen LogP contribution in [0.4, 0.5) is 4.79 Å². The highest BCUT2D eigenvalue weighted by Gasteiger charge is 2.44. The minimum absolute atomic E-state index is 0.00679. The number of carbonyl (C=O) groups is 2. The van der Waals surface area contributed by atoms with E-state index in [0.29, 0.717) is 37.8 Å². The summed E-state index contributed by atoms with van der Waals surface area (Å²) in [6, 6.07) is 7.87. The highest BCUT2D eigenvalue weighted by molar-refractivity contribution is 5.77. The lowest BCUT2D eigenvalue weighted by atomic mass is 9.93. The molecule has 2 aliphatic heterocycles. The summed E-state index contributed by atoms with van der Waals surface area (Å²) in [4.78, 5) is 30.1. The molecule has 2 fully saturated rings. The van der Waals surface area contributed by atoms with Gasteiger partial charge in [-0.15, -0.1) is 0 Å². The second-order valence-electron chi connectivity index (χ2n) is 7.23. The number of hydrogen-bond donors (Lipinski definition) is 1. The van der Waals surface area contributed by atoms with Crippen LogP contribution in [0.1, 0.15) is 30.7 Å². The summed E-state index contributed by atoms with van der Waals surface area (Å²) in [7, 11) is 0. The average molecular weight is 370 g/mol. The zero-order valence-corrected chi connectivity index (χ0v) is 15.2. The fourth-order valence-electron chi connectivity index (χ4n) is 3.67. The van der Waals surface area contributed by atoms with Crippen LogP contribution in [0.15, 0.2) is 28.8 Å². The Labute approximate surface area is 156 Å². The summed E-state index contributed by atoms with van der Waals surface area (Å²) in [6.45, 7) is 3.57. The highest BCUT2D eigenvalue weighted by atomic mass is 16.6. The molecule has 0 bridgehead atoms. The van der Waals surface area contributed by atoms with E-state index in [1.54, 1.807) is 4.90 Å².